The largest absolute Gasteiger partial charge is 0.351 e. The van der Waals surface area contributed by atoms with Gasteiger partial charge in [0, 0.05) is 13.1 Å². The Hall–Kier alpha value is -0.850. The van der Waals surface area contributed by atoms with E-state index in [1.807, 2.05) is 4.90 Å². The highest BCUT2D eigenvalue weighted by molar-refractivity contribution is 5.71. The molecule has 6 nitrogen and oxygen atoms in total. The zero-order chi connectivity index (χ0) is 36.9. The van der Waals surface area contributed by atoms with Gasteiger partial charge >= 0.3 is 6.03 Å². The summed E-state index contributed by atoms with van der Waals surface area (Å²) in [6.07, 6.45) is 47.6. The van der Waals surface area contributed by atoms with Gasteiger partial charge < -0.3 is 27.4 Å². The monoisotopic (exact) mass is 710 g/mol. The van der Waals surface area contributed by atoms with E-state index in [0.717, 1.165) is 65.0 Å². The van der Waals surface area contributed by atoms with E-state index in [-0.39, 0.29) is 6.03 Å². The Bertz CT molecular complexity index is 561. The fourth-order valence-electron chi connectivity index (χ4n) is 6.78. The number of carbonyl (C=O) groups is 1. The second-order valence-corrected chi connectivity index (χ2v) is 15.3. The van der Waals surface area contributed by atoms with E-state index < -0.39 is 0 Å². The van der Waals surface area contributed by atoms with Crippen LogP contribution in [0.3, 0.4) is 0 Å². The molecule has 0 aliphatic carbocycles. The van der Waals surface area contributed by atoms with Crippen molar-refractivity contribution in [3.63, 3.8) is 0 Å². The highest BCUT2D eigenvalue weighted by Crippen LogP contribution is 2.16. The molecule has 0 unspecified atom stereocenters. The molecule has 2 amide bonds. The van der Waals surface area contributed by atoms with Crippen molar-refractivity contribution in [2.45, 2.75) is 239 Å². The van der Waals surface area contributed by atoms with Gasteiger partial charge in [0.2, 0.25) is 0 Å². The molecule has 0 spiro atoms. The summed E-state index contributed by atoms with van der Waals surface area (Å²) in [6, 6.07) is -0.220. The van der Waals surface area contributed by atoms with Crippen molar-refractivity contribution in [1.82, 2.24) is 10.2 Å². The molecule has 0 atom stereocenters. The first kappa shape index (κ1) is 51.3. The van der Waals surface area contributed by atoms with Crippen LogP contribution in [0.15, 0.2) is 0 Å². The molecule has 0 aromatic carbocycles. The quantitative estimate of drug-likeness (QED) is 0.0473. The number of hydrogen-bond acceptors (Lipinski definition) is 4. The molecule has 0 aromatic rings. The zero-order valence-corrected chi connectivity index (χ0v) is 34.6. The van der Waals surface area contributed by atoms with Crippen molar-refractivity contribution in [2.75, 3.05) is 39.3 Å². The third kappa shape index (κ3) is 47.1. The molecule has 0 fully saturated rings. The molecule has 7 N–H and O–H groups in total. The smallest absolute Gasteiger partial charge is 0.314 e. The van der Waals surface area contributed by atoms with Gasteiger partial charge in [0.1, 0.15) is 0 Å². The maximum Gasteiger partial charge on any atom is 0.314 e. The first-order chi connectivity index (χ1) is 24.6. The summed E-state index contributed by atoms with van der Waals surface area (Å²) in [7, 11) is 0. The fourth-order valence-corrected chi connectivity index (χ4v) is 6.78. The first-order valence-corrected chi connectivity index (χ1v) is 22.8. The molecule has 0 bridgehead atoms. The molecule has 6 heteroatoms. The Labute approximate surface area is 315 Å². The van der Waals surface area contributed by atoms with Gasteiger partial charge in [-0.3, -0.25) is 0 Å². The molecule has 0 aliphatic rings. The number of amides is 2. The average molecular weight is 710 g/mol. The van der Waals surface area contributed by atoms with E-state index in [9.17, 15) is 4.79 Å². The number of carbonyl (C=O) groups excluding carboxylic acids is 1. The molecule has 0 saturated heterocycles. The number of rotatable bonds is 41. The Morgan fingerprint density at radius 3 is 0.900 bits per heavy atom. The van der Waals surface area contributed by atoms with Gasteiger partial charge in [-0.05, 0) is 58.3 Å². The van der Waals surface area contributed by atoms with Crippen LogP contribution in [0, 0.1) is 0 Å². The lowest BCUT2D eigenvalue weighted by Gasteiger charge is -2.20. The predicted octanol–water partition coefficient (Wildman–Crippen LogP) is 12.6. The molecule has 50 heavy (non-hydrogen) atoms. The highest BCUT2D eigenvalue weighted by Gasteiger charge is 2.08. The number of primary amides is 1. The molecule has 302 valence electrons. The lowest BCUT2D eigenvalue weighted by atomic mass is 10.0. The minimum absolute atomic E-state index is 0.220. The molecule has 0 radical (unpaired) electrons. The van der Waals surface area contributed by atoms with Crippen molar-refractivity contribution in [3.05, 3.63) is 0 Å². The van der Waals surface area contributed by atoms with Gasteiger partial charge in [0.25, 0.3) is 0 Å². The second kappa shape index (κ2) is 48.1. The Kier molecular flexibility index (Phi) is 49.4. The molecule has 0 saturated carbocycles. The average Bonchev–Trinajstić information content (AvgIpc) is 3.12. The molecular weight excluding hydrogens is 615 g/mol. The third-order valence-corrected chi connectivity index (χ3v) is 10.2. The van der Waals surface area contributed by atoms with Gasteiger partial charge in [0.05, 0.1) is 0 Å². The topological polar surface area (TPSA) is 110 Å². The van der Waals surface area contributed by atoms with Crippen molar-refractivity contribution in [1.29, 1.82) is 0 Å². The molecule has 0 rings (SSSR count). The van der Waals surface area contributed by atoms with E-state index >= 15 is 0 Å². The van der Waals surface area contributed by atoms with Gasteiger partial charge in [0.15, 0.2) is 0 Å². The highest BCUT2D eigenvalue weighted by atomic mass is 16.2. The third-order valence-electron chi connectivity index (χ3n) is 10.2. The number of nitrogens with one attached hydrogen (secondary N) is 1. The lowest BCUT2D eigenvalue weighted by molar-refractivity contribution is 0.204. The van der Waals surface area contributed by atoms with Gasteiger partial charge in [-0.2, -0.15) is 0 Å². The van der Waals surface area contributed by atoms with E-state index in [2.05, 4.69) is 19.2 Å². The maximum atomic E-state index is 11.8. The van der Waals surface area contributed by atoms with Crippen molar-refractivity contribution < 1.29 is 4.79 Å². The zero-order valence-electron chi connectivity index (χ0n) is 34.6. The predicted molar refractivity (Wildman–Crippen MR) is 225 cm³/mol. The summed E-state index contributed by atoms with van der Waals surface area (Å²) in [6.45, 7) is 10.0. The molecular formula is C44H95N5O. The molecule has 0 aromatic heterocycles. The van der Waals surface area contributed by atoms with Crippen LogP contribution in [-0.2, 0) is 0 Å². The van der Waals surface area contributed by atoms with Gasteiger partial charge in [-0.25, -0.2) is 4.79 Å². The minimum atomic E-state index is -0.220. The second-order valence-electron chi connectivity index (χ2n) is 15.3. The molecule has 0 aliphatic heterocycles. The van der Waals surface area contributed by atoms with Crippen LogP contribution in [0.1, 0.15) is 239 Å². The van der Waals surface area contributed by atoms with E-state index in [1.54, 1.807) is 0 Å². The first-order valence-electron chi connectivity index (χ1n) is 22.8. The van der Waals surface area contributed by atoms with Crippen LogP contribution in [0.4, 0.5) is 4.79 Å². The van der Waals surface area contributed by atoms with E-state index in [0.29, 0.717) is 0 Å². The summed E-state index contributed by atoms with van der Waals surface area (Å²) >= 11 is 0. The summed E-state index contributed by atoms with van der Waals surface area (Å²) in [5.74, 6) is 0. The van der Waals surface area contributed by atoms with Crippen LogP contribution in [-0.4, -0.2) is 50.2 Å². The number of urea groups is 1. The number of nitrogens with zero attached hydrogens (tertiary/aromatic N) is 1. The number of hydrogen-bond donors (Lipinski definition) is 4. The van der Waals surface area contributed by atoms with Crippen molar-refractivity contribution in [3.8, 4) is 0 Å². The van der Waals surface area contributed by atoms with Crippen LogP contribution >= 0.6 is 0 Å². The van der Waals surface area contributed by atoms with Crippen molar-refractivity contribution >= 4 is 6.03 Å². The Morgan fingerprint density at radius 2 is 0.640 bits per heavy atom. The van der Waals surface area contributed by atoms with Crippen LogP contribution < -0.4 is 22.5 Å². The van der Waals surface area contributed by atoms with Crippen LogP contribution in [0.5, 0.6) is 0 Å². The minimum Gasteiger partial charge on any atom is -0.351 e. The summed E-state index contributed by atoms with van der Waals surface area (Å²) in [4.78, 5) is 13.7. The van der Waals surface area contributed by atoms with Gasteiger partial charge in [-0.1, -0.05) is 206 Å². The standard InChI is InChI=1S/C37H76N2O.C7H19N3/c1-3-5-7-9-11-13-15-17-19-21-23-25-27-29-31-33-35-39(37(38)40)36-34-32-30-28-26-24-22-20-18-16-14-12-10-8-6-4-2;8-4-1-2-6-10-7-3-5-9/h3-36H2,1-2H3,(H2,38,40);10H,1-9H2. The summed E-state index contributed by atoms with van der Waals surface area (Å²) < 4.78 is 0. The van der Waals surface area contributed by atoms with Crippen molar-refractivity contribution in [2.24, 2.45) is 17.2 Å². The normalized spacial score (nSPS) is 11.1. The lowest BCUT2D eigenvalue weighted by Crippen LogP contribution is -2.37. The van der Waals surface area contributed by atoms with Crippen LogP contribution in [0.25, 0.3) is 0 Å². The van der Waals surface area contributed by atoms with E-state index in [4.69, 9.17) is 17.2 Å². The summed E-state index contributed by atoms with van der Waals surface area (Å²) in [5.41, 5.74) is 16.3. The molecule has 0 heterocycles. The number of nitrogens with two attached hydrogens (primary N) is 3. The summed E-state index contributed by atoms with van der Waals surface area (Å²) in [5, 5.41) is 3.29. The SMILES string of the molecule is CCCCCCCCCCCCCCCCCCN(CCCCCCCCCCCCCCCCCC)C(N)=O.NCCCCNCCCN. The van der Waals surface area contributed by atoms with Gasteiger partial charge in [-0.15, -0.1) is 0 Å². The van der Waals surface area contributed by atoms with E-state index in [1.165, 1.54) is 199 Å². The number of unbranched alkanes of at least 4 members (excludes halogenated alkanes) is 31. The fraction of sp³-hybridized carbons (Fsp3) is 0.977. The Balaban J connectivity index is 0. The maximum absolute atomic E-state index is 11.8. The Morgan fingerprint density at radius 1 is 0.380 bits per heavy atom. The van der Waals surface area contributed by atoms with Crippen LogP contribution in [0.2, 0.25) is 0 Å².